The molecule has 1 atom stereocenters. The van der Waals surface area contributed by atoms with Crippen molar-refractivity contribution in [2.75, 3.05) is 5.43 Å². The molecule has 5 aromatic rings. The van der Waals surface area contributed by atoms with Crippen LogP contribution in [-0.2, 0) is 21.2 Å². The van der Waals surface area contributed by atoms with Crippen LogP contribution in [0.4, 0.5) is 5.13 Å². The van der Waals surface area contributed by atoms with Crippen molar-refractivity contribution in [2.24, 2.45) is 10.8 Å². The second-order valence-electron chi connectivity index (χ2n) is 9.09. The van der Waals surface area contributed by atoms with Crippen LogP contribution in [0.15, 0.2) is 105 Å². The number of aryl methyl sites for hydroxylation is 1. The van der Waals surface area contributed by atoms with Gasteiger partial charge in [-0.1, -0.05) is 65.9 Å². The van der Waals surface area contributed by atoms with E-state index in [1.54, 1.807) is 31.2 Å². The summed E-state index contributed by atoms with van der Waals surface area (Å²) in [6.45, 7) is 1.79. The molecule has 3 aromatic carbocycles. The fourth-order valence-corrected chi connectivity index (χ4v) is 5.86. The van der Waals surface area contributed by atoms with E-state index in [0.29, 0.717) is 40.8 Å². The molecule has 0 fully saturated rings. The minimum Gasteiger partial charge on any atom is -0.455 e. The molecular weight excluding hydrogens is 546 g/mol. The average Bonchev–Trinajstić information content (AvgIpc) is 3.63. The molecule has 0 saturated carbocycles. The summed E-state index contributed by atoms with van der Waals surface area (Å²) in [6.07, 6.45) is 0.875. The summed E-state index contributed by atoms with van der Waals surface area (Å²) in [6, 6.07) is 26.1. The Balaban J connectivity index is 1.24. The number of benzene rings is 3. The van der Waals surface area contributed by atoms with Gasteiger partial charge in [-0.3, -0.25) is 10.2 Å². The molecule has 2 heterocycles. The van der Waals surface area contributed by atoms with Crippen molar-refractivity contribution in [2.45, 2.75) is 30.7 Å². The van der Waals surface area contributed by atoms with Gasteiger partial charge in [-0.2, -0.15) is 5.10 Å². The number of hydrazone groups is 1. The molecule has 204 valence electrons. The summed E-state index contributed by atoms with van der Waals surface area (Å²) in [4.78, 5) is 17.0. The summed E-state index contributed by atoms with van der Waals surface area (Å²) in [5, 5.41) is 5.03. The van der Waals surface area contributed by atoms with Crippen LogP contribution in [0, 0.1) is 0 Å². The number of thiazole rings is 1. The Morgan fingerprint density at radius 2 is 1.80 bits per heavy atom. The van der Waals surface area contributed by atoms with Crippen LogP contribution < -0.4 is 15.9 Å². The molecule has 0 bridgehead atoms. The van der Waals surface area contributed by atoms with Crippen LogP contribution >= 0.6 is 11.3 Å². The molecule has 2 aromatic heterocycles. The standard InChI is InChI=1S/C29H27N5O4S2/c1-19(32-33-29-31-24-12-5-6-13-27(24)39-29)25-16-17-26(38-25)21-10-7-11-22(18-21)40(36,37)34-28(35)23(30)15-14-20-8-3-2-4-9-20/h2-13,16-18,23H,14-15,30H2,1H3,(H,31,33)(H,34,35). The number of fused-ring (bicyclic) bond motifs is 1. The quantitative estimate of drug-likeness (QED) is 0.155. The van der Waals surface area contributed by atoms with Gasteiger partial charge in [-0.15, -0.1) is 0 Å². The molecule has 1 amide bonds. The van der Waals surface area contributed by atoms with Crippen LogP contribution in [0.3, 0.4) is 0 Å². The van der Waals surface area contributed by atoms with Crippen molar-refractivity contribution in [1.82, 2.24) is 9.71 Å². The minimum absolute atomic E-state index is 0.0746. The van der Waals surface area contributed by atoms with E-state index in [1.165, 1.54) is 23.5 Å². The van der Waals surface area contributed by atoms with E-state index in [4.69, 9.17) is 10.2 Å². The number of amides is 1. The molecule has 0 aliphatic rings. The number of sulfonamides is 1. The first-order valence-electron chi connectivity index (χ1n) is 12.5. The normalized spacial score (nSPS) is 12.8. The first-order chi connectivity index (χ1) is 19.3. The maximum Gasteiger partial charge on any atom is 0.264 e. The van der Waals surface area contributed by atoms with E-state index in [1.807, 2.05) is 54.6 Å². The van der Waals surface area contributed by atoms with Gasteiger partial charge in [0.25, 0.3) is 15.9 Å². The molecular formula is C29H27N5O4S2. The third-order valence-corrected chi connectivity index (χ3v) is 8.45. The Morgan fingerprint density at radius 1 is 1.02 bits per heavy atom. The Hall–Kier alpha value is -4.32. The highest BCUT2D eigenvalue weighted by atomic mass is 32.2. The summed E-state index contributed by atoms with van der Waals surface area (Å²) >= 11 is 1.49. The van der Waals surface area contributed by atoms with E-state index in [9.17, 15) is 13.2 Å². The molecule has 0 radical (unpaired) electrons. The van der Waals surface area contributed by atoms with Gasteiger partial charge < -0.3 is 10.2 Å². The van der Waals surface area contributed by atoms with Crippen molar-refractivity contribution >= 4 is 48.3 Å². The largest absolute Gasteiger partial charge is 0.455 e. The van der Waals surface area contributed by atoms with Crippen LogP contribution in [0.25, 0.3) is 21.5 Å². The van der Waals surface area contributed by atoms with Crippen LogP contribution in [0.2, 0.25) is 0 Å². The fraction of sp³-hybridized carbons (Fsp3) is 0.138. The van der Waals surface area contributed by atoms with Gasteiger partial charge in [-0.05, 0) is 61.7 Å². The van der Waals surface area contributed by atoms with Crippen molar-refractivity contribution in [3.05, 3.63) is 102 Å². The zero-order chi connectivity index (χ0) is 28.1. The molecule has 4 N–H and O–H groups in total. The lowest BCUT2D eigenvalue weighted by molar-refractivity contribution is -0.120. The predicted molar refractivity (Wildman–Crippen MR) is 158 cm³/mol. The molecule has 40 heavy (non-hydrogen) atoms. The van der Waals surface area contributed by atoms with Crippen molar-refractivity contribution in [1.29, 1.82) is 0 Å². The molecule has 5 rings (SSSR count). The Bertz CT molecular complexity index is 1750. The lowest BCUT2D eigenvalue weighted by Crippen LogP contribution is -2.43. The Morgan fingerprint density at radius 3 is 2.60 bits per heavy atom. The van der Waals surface area contributed by atoms with Gasteiger partial charge in [0, 0.05) is 5.56 Å². The maximum atomic E-state index is 13.0. The Labute approximate surface area is 235 Å². The minimum atomic E-state index is -4.14. The summed E-state index contributed by atoms with van der Waals surface area (Å²) in [5.74, 6) is 0.205. The SMILES string of the molecule is CC(=NNc1nc2ccccc2s1)c1ccc(-c2cccc(S(=O)(=O)NC(=O)C(N)CCc3ccccc3)c2)o1. The average molecular weight is 574 g/mol. The van der Waals surface area contributed by atoms with E-state index >= 15 is 0 Å². The lowest BCUT2D eigenvalue weighted by Gasteiger charge is -2.13. The molecule has 0 aliphatic carbocycles. The number of anilines is 1. The van der Waals surface area contributed by atoms with Gasteiger partial charge in [-0.25, -0.2) is 18.1 Å². The van der Waals surface area contributed by atoms with Gasteiger partial charge in [0.15, 0.2) is 5.76 Å². The number of hydrogen-bond acceptors (Lipinski definition) is 9. The zero-order valence-electron chi connectivity index (χ0n) is 21.6. The molecule has 11 heteroatoms. The number of hydrogen-bond donors (Lipinski definition) is 3. The lowest BCUT2D eigenvalue weighted by atomic mass is 10.1. The van der Waals surface area contributed by atoms with Crippen molar-refractivity contribution in [3.8, 4) is 11.3 Å². The number of carbonyl (C=O) groups excluding carboxylic acids is 1. The molecule has 0 saturated heterocycles. The number of rotatable bonds is 10. The second kappa shape index (κ2) is 11.8. The molecule has 0 aliphatic heterocycles. The summed E-state index contributed by atoms with van der Waals surface area (Å²) < 4.78 is 35.0. The second-order valence-corrected chi connectivity index (χ2v) is 11.8. The van der Waals surface area contributed by atoms with Crippen LogP contribution in [-0.4, -0.2) is 31.1 Å². The van der Waals surface area contributed by atoms with Gasteiger partial charge >= 0.3 is 0 Å². The first kappa shape index (κ1) is 27.3. The van der Waals surface area contributed by atoms with E-state index < -0.39 is 22.0 Å². The number of aromatic nitrogens is 1. The highest BCUT2D eigenvalue weighted by Gasteiger charge is 2.23. The van der Waals surface area contributed by atoms with E-state index in [0.717, 1.165) is 15.8 Å². The van der Waals surface area contributed by atoms with Crippen molar-refractivity contribution < 1.29 is 17.6 Å². The van der Waals surface area contributed by atoms with Crippen LogP contribution in [0.5, 0.6) is 0 Å². The summed E-state index contributed by atoms with van der Waals surface area (Å²) in [7, 11) is -4.14. The van der Waals surface area contributed by atoms with Gasteiger partial charge in [0.05, 0.1) is 21.2 Å². The van der Waals surface area contributed by atoms with E-state index in [2.05, 4.69) is 20.2 Å². The van der Waals surface area contributed by atoms with E-state index in [-0.39, 0.29) is 4.90 Å². The zero-order valence-corrected chi connectivity index (χ0v) is 23.2. The number of nitrogens with one attached hydrogen (secondary N) is 2. The molecule has 1 unspecified atom stereocenters. The molecule has 0 spiro atoms. The fourth-order valence-electron chi connectivity index (χ4n) is 3.98. The maximum absolute atomic E-state index is 13.0. The molecule has 9 nitrogen and oxygen atoms in total. The first-order valence-corrected chi connectivity index (χ1v) is 14.8. The number of para-hydroxylation sites is 1. The highest BCUT2D eigenvalue weighted by molar-refractivity contribution is 7.90. The number of nitrogens with two attached hydrogens (primary N) is 1. The predicted octanol–water partition coefficient (Wildman–Crippen LogP) is 5.16. The monoisotopic (exact) mass is 573 g/mol. The smallest absolute Gasteiger partial charge is 0.264 e. The summed E-state index contributed by atoms with van der Waals surface area (Å²) in [5.41, 5.74) is 12.0. The van der Waals surface area contributed by atoms with Gasteiger partial charge in [0.1, 0.15) is 11.5 Å². The van der Waals surface area contributed by atoms with Crippen LogP contribution in [0.1, 0.15) is 24.7 Å². The number of furan rings is 1. The third-order valence-electron chi connectivity index (χ3n) is 6.16. The third kappa shape index (κ3) is 6.45. The van der Waals surface area contributed by atoms with Gasteiger partial charge in [0.2, 0.25) is 5.13 Å². The van der Waals surface area contributed by atoms with Crippen molar-refractivity contribution in [3.63, 3.8) is 0 Å². The number of carbonyl (C=O) groups is 1. The highest BCUT2D eigenvalue weighted by Crippen LogP contribution is 2.27. The number of nitrogens with zero attached hydrogens (tertiary/aromatic N) is 2. The Kier molecular flexibility index (Phi) is 8.06. The topological polar surface area (TPSA) is 140 Å².